The van der Waals surface area contributed by atoms with E-state index in [1.54, 1.807) is 0 Å². The normalized spacial score (nSPS) is 29.3. The summed E-state index contributed by atoms with van der Waals surface area (Å²) in [5.41, 5.74) is 0. The lowest BCUT2D eigenvalue weighted by molar-refractivity contribution is -0.126. The molecule has 0 saturated heterocycles. The van der Waals surface area contributed by atoms with Gasteiger partial charge >= 0.3 is 0 Å². The number of nitrogens with one attached hydrogen (secondary N) is 1. The van der Waals surface area contributed by atoms with Crippen molar-refractivity contribution in [3.8, 4) is 0 Å². The number of ether oxygens (including phenoxy) is 1. The summed E-state index contributed by atoms with van der Waals surface area (Å²) in [6.07, 6.45) is 1.13. The molecule has 0 radical (unpaired) electrons. The van der Waals surface area contributed by atoms with Crippen LogP contribution in [0.4, 0.5) is 0 Å². The number of carbonyl (C=O) groups is 1. The third-order valence-electron chi connectivity index (χ3n) is 1.75. The summed E-state index contributed by atoms with van der Waals surface area (Å²) in [4.78, 5) is 10.8. The summed E-state index contributed by atoms with van der Waals surface area (Å²) in [5, 5.41) is 11.6. The van der Waals surface area contributed by atoms with Crippen LogP contribution in [0.25, 0.3) is 0 Å². The Morgan fingerprint density at radius 2 is 2.36 bits per heavy atom. The fraction of sp³-hybridized carbons (Fsp3) is 0.857. The van der Waals surface area contributed by atoms with Gasteiger partial charge in [0, 0.05) is 13.2 Å². The Morgan fingerprint density at radius 1 is 1.73 bits per heavy atom. The highest BCUT2D eigenvalue weighted by molar-refractivity contribution is 5.77. The van der Waals surface area contributed by atoms with Crippen molar-refractivity contribution >= 4 is 5.91 Å². The fourth-order valence-corrected chi connectivity index (χ4v) is 1.11. The van der Waals surface area contributed by atoms with Crippen LogP contribution in [0, 0.1) is 0 Å². The van der Waals surface area contributed by atoms with Crippen molar-refractivity contribution in [3.63, 3.8) is 0 Å². The topological polar surface area (TPSA) is 58.6 Å². The van der Waals surface area contributed by atoms with E-state index >= 15 is 0 Å². The maximum atomic E-state index is 10.8. The molecule has 0 aromatic rings. The molecule has 1 saturated carbocycles. The molecule has 1 rings (SSSR count). The lowest BCUT2D eigenvalue weighted by Crippen LogP contribution is -2.47. The first-order valence-corrected chi connectivity index (χ1v) is 3.68. The molecule has 0 heterocycles. The molecule has 4 nitrogen and oxygen atoms in total. The van der Waals surface area contributed by atoms with Crippen LogP contribution in [0.2, 0.25) is 0 Å². The smallest absolute Gasteiger partial charge is 0.246 e. The van der Waals surface area contributed by atoms with Gasteiger partial charge in [-0.15, -0.1) is 0 Å². The van der Waals surface area contributed by atoms with Crippen molar-refractivity contribution in [1.82, 2.24) is 5.32 Å². The van der Waals surface area contributed by atoms with Crippen LogP contribution >= 0.6 is 0 Å². The molecule has 1 aliphatic carbocycles. The molecule has 0 aliphatic heterocycles. The Morgan fingerprint density at radius 3 is 2.82 bits per heavy atom. The van der Waals surface area contributed by atoms with Crippen molar-refractivity contribution in [2.75, 3.05) is 13.7 Å². The zero-order valence-corrected chi connectivity index (χ0v) is 6.54. The van der Waals surface area contributed by atoms with Crippen molar-refractivity contribution in [2.45, 2.75) is 25.0 Å². The van der Waals surface area contributed by atoms with Gasteiger partial charge in [-0.05, 0) is 12.8 Å². The highest BCUT2D eigenvalue weighted by atomic mass is 16.5. The second-order valence-electron chi connectivity index (χ2n) is 2.82. The molecule has 0 aromatic heterocycles. The quantitative estimate of drug-likeness (QED) is 0.571. The summed E-state index contributed by atoms with van der Waals surface area (Å²) in [5.74, 6) is -0.107. The first-order chi connectivity index (χ1) is 5.22. The minimum atomic E-state index is -0.220. The van der Waals surface area contributed by atoms with E-state index < -0.39 is 0 Å². The Kier molecular flexibility index (Phi) is 2.84. The number of carbonyl (C=O) groups excluding carboxylic acids is 1. The summed E-state index contributed by atoms with van der Waals surface area (Å²) in [6.45, 7) is 0.104. The van der Waals surface area contributed by atoms with Gasteiger partial charge in [-0.25, -0.2) is 0 Å². The number of amides is 1. The summed E-state index contributed by atoms with van der Waals surface area (Å²) < 4.78 is 4.63. The van der Waals surface area contributed by atoms with E-state index in [-0.39, 0.29) is 24.7 Å². The molecule has 0 bridgehead atoms. The van der Waals surface area contributed by atoms with Crippen molar-refractivity contribution in [3.05, 3.63) is 0 Å². The summed E-state index contributed by atoms with van der Waals surface area (Å²) >= 11 is 0. The maximum Gasteiger partial charge on any atom is 0.246 e. The highest BCUT2D eigenvalue weighted by Gasteiger charge is 2.27. The molecule has 0 aromatic carbocycles. The van der Waals surface area contributed by atoms with Crippen LogP contribution in [0.1, 0.15) is 12.8 Å². The van der Waals surface area contributed by atoms with Gasteiger partial charge in [0.15, 0.2) is 0 Å². The molecule has 0 spiro atoms. The average Bonchev–Trinajstić information content (AvgIpc) is 1.85. The van der Waals surface area contributed by atoms with Crippen molar-refractivity contribution in [2.24, 2.45) is 0 Å². The molecule has 0 atom stereocenters. The molecule has 0 unspecified atom stereocenters. The van der Waals surface area contributed by atoms with Crippen molar-refractivity contribution in [1.29, 1.82) is 0 Å². The van der Waals surface area contributed by atoms with Gasteiger partial charge in [-0.3, -0.25) is 4.79 Å². The van der Waals surface area contributed by atoms with Gasteiger partial charge < -0.3 is 15.2 Å². The van der Waals surface area contributed by atoms with Gasteiger partial charge in [0.2, 0.25) is 5.91 Å². The largest absolute Gasteiger partial charge is 0.393 e. The van der Waals surface area contributed by atoms with Gasteiger partial charge in [-0.2, -0.15) is 0 Å². The standard InChI is InChI=1S/C7H13NO3/c1-11-4-7(10)8-5-2-6(9)3-5/h5-6,9H,2-4H2,1H3,(H,8,10). The predicted octanol–water partition coefficient (Wildman–Crippen LogP) is -0.728. The molecule has 2 N–H and O–H groups in total. The number of hydrogen-bond donors (Lipinski definition) is 2. The average molecular weight is 159 g/mol. The molecule has 1 amide bonds. The van der Waals surface area contributed by atoms with E-state index in [9.17, 15) is 4.79 Å². The number of aliphatic hydroxyl groups excluding tert-OH is 1. The first-order valence-electron chi connectivity index (χ1n) is 3.68. The molecular formula is C7H13NO3. The summed E-state index contributed by atoms with van der Waals surface area (Å²) in [6, 6.07) is 0.160. The molecule has 4 heteroatoms. The van der Waals surface area contributed by atoms with Gasteiger partial charge in [0.1, 0.15) is 6.61 Å². The third-order valence-corrected chi connectivity index (χ3v) is 1.75. The van der Waals surface area contributed by atoms with Crippen LogP contribution < -0.4 is 5.32 Å². The second kappa shape index (κ2) is 3.69. The molecule has 1 aliphatic rings. The Labute approximate surface area is 65.5 Å². The van der Waals surface area contributed by atoms with Gasteiger partial charge in [0.05, 0.1) is 6.10 Å². The van der Waals surface area contributed by atoms with E-state index in [4.69, 9.17) is 5.11 Å². The number of aliphatic hydroxyl groups is 1. The summed E-state index contributed by atoms with van der Waals surface area (Å²) in [7, 11) is 1.48. The third kappa shape index (κ3) is 2.48. The van der Waals surface area contributed by atoms with Crippen molar-refractivity contribution < 1.29 is 14.6 Å². The van der Waals surface area contributed by atoms with Crippen LogP contribution in [0.3, 0.4) is 0 Å². The minimum absolute atomic E-state index is 0.104. The maximum absolute atomic E-state index is 10.8. The monoisotopic (exact) mass is 159 g/mol. The Balaban J connectivity index is 2.07. The Bertz CT molecular complexity index is 143. The van der Waals surface area contributed by atoms with E-state index in [0.717, 1.165) is 0 Å². The van der Waals surface area contributed by atoms with E-state index in [2.05, 4.69) is 10.1 Å². The highest BCUT2D eigenvalue weighted by Crippen LogP contribution is 2.18. The second-order valence-corrected chi connectivity index (χ2v) is 2.82. The Hall–Kier alpha value is -0.610. The van der Waals surface area contributed by atoms with Crippen LogP contribution in [-0.2, 0) is 9.53 Å². The zero-order valence-electron chi connectivity index (χ0n) is 6.54. The van der Waals surface area contributed by atoms with Crippen LogP contribution in [0.15, 0.2) is 0 Å². The molecular weight excluding hydrogens is 146 g/mol. The molecule has 64 valence electrons. The SMILES string of the molecule is COCC(=O)NC1CC(O)C1. The first kappa shape index (κ1) is 8.49. The molecule has 1 fully saturated rings. The van der Waals surface area contributed by atoms with E-state index in [1.807, 2.05) is 0 Å². The van der Waals surface area contributed by atoms with Gasteiger partial charge in [0.25, 0.3) is 0 Å². The van der Waals surface area contributed by atoms with Crippen LogP contribution in [-0.4, -0.2) is 36.9 Å². The number of methoxy groups -OCH3 is 1. The number of hydrogen-bond acceptors (Lipinski definition) is 3. The van der Waals surface area contributed by atoms with E-state index in [0.29, 0.717) is 12.8 Å². The predicted molar refractivity (Wildman–Crippen MR) is 39.0 cm³/mol. The fourth-order valence-electron chi connectivity index (χ4n) is 1.11. The number of rotatable bonds is 3. The zero-order chi connectivity index (χ0) is 8.27. The van der Waals surface area contributed by atoms with Gasteiger partial charge in [-0.1, -0.05) is 0 Å². The molecule has 11 heavy (non-hydrogen) atoms. The van der Waals surface area contributed by atoms with Crippen LogP contribution in [0.5, 0.6) is 0 Å². The van der Waals surface area contributed by atoms with E-state index in [1.165, 1.54) is 7.11 Å². The lowest BCUT2D eigenvalue weighted by Gasteiger charge is -2.31. The minimum Gasteiger partial charge on any atom is -0.393 e. The lowest BCUT2D eigenvalue weighted by atomic mass is 9.89.